The Labute approximate surface area is 96.0 Å². The number of nitrogens with zero attached hydrogens (tertiary/aromatic N) is 1. The fraction of sp³-hybridized carbons (Fsp3) is 0.500. The molecule has 0 unspecified atom stereocenters. The molecule has 0 amide bonds. The molecule has 0 atom stereocenters. The average Bonchev–Trinajstić information content (AvgIpc) is 2.16. The lowest BCUT2D eigenvalue weighted by molar-refractivity contribution is 0.111. The van der Waals surface area contributed by atoms with Gasteiger partial charge in [0.25, 0.3) is 0 Å². The van der Waals surface area contributed by atoms with E-state index >= 15 is 0 Å². The molecule has 0 aliphatic heterocycles. The van der Waals surface area contributed by atoms with Gasteiger partial charge in [0.15, 0.2) is 11.6 Å². The van der Waals surface area contributed by atoms with E-state index in [0.29, 0.717) is 12.3 Å². The van der Waals surface area contributed by atoms with Crippen molar-refractivity contribution < 1.29 is 9.13 Å². The van der Waals surface area contributed by atoms with E-state index in [2.05, 4.69) is 0 Å². The second-order valence-electron chi connectivity index (χ2n) is 4.69. The summed E-state index contributed by atoms with van der Waals surface area (Å²) in [5.74, 6) is -0.182. The maximum Gasteiger partial charge on any atom is 0.167 e. The van der Waals surface area contributed by atoms with E-state index in [1.165, 1.54) is 6.07 Å². The molecule has 3 nitrogen and oxygen atoms in total. The van der Waals surface area contributed by atoms with E-state index in [1.54, 1.807) is 12.1 Å². The highest BCUT2D eigenvalue weighted by Crippen LogP contribution is 2.21. The zero-order chi connectivity index (χ0) is 12.3. The van der Waals surface area contributed by atoms with Crippen molar-refractivity contribution in [3.63, 3.8) is 0 Å². The summed E-state index contributed by atoms with van der Waals surface area (Å²) < 4.78 is 18.9. The first-order valence-electron chi connectivity index (χ1n) is 5.18. The summed E-state index contributed by atoms with van der Waals surface area (Å²) in [5, 5.41) is 0. The normalized spacial score (nSPS) is 11.9. The van der Waals surface area contributed by atoms with E-state index in [-0.39, 0.29) is 11.3 Å². The second-order valence-corrected chi connectivity index (χ2v) is 4.69. The molecule has 0 spiro atoms. The maximum atomic E-state index is 13.4. The van der Waals surface area contributed by atoms with Crippen LogP contribution in [-0.4, -0.2) is 31.1 Å². The molecule has 0 fully saturated rings. The minimum Gasteiger partial charge on any atom is -0.489 e. The lowest BCUT2D eigenvalue weighted by atomic mass is 10.1. The Kier molecular flexibility index (Phi) is 3.75. The summed E-state index contributed by atoms with van der Waals surface area (Å²) >= 11 is 0. The highest BCUT2D eigenvalue weighted by atomic mass is 19.1. The third kappa shape index (κ3) is 3.10. The Hall–Kier alpha value is -1.29. The summed E-state index contributed by atoms with van der Waals surface area (Å²) in [6.07, 6.45) is 0. The van der Waals surface area contributed by atoms with E-state index in [0.717, 1.165) is 0 Å². The molecule has 0 bridgehead atoms. The van der Waals surface area contributed by atoms with Crippen molar-refractivity contribution in [1.29, 1.82) is 0 Å². The van der Waals surface area contributed by atoms with Gasteiger partial charge in [-0.2, -0.15) is 0 Å². The Bertz CT molecular complexity index is 364. The zero-order valence-corrected chi connectivity index (χ0v) is 10.2. The predicted octanol–water partition coefficient (Wildman–Crippen LogP) is 2.13. The molecule has 90 valence electrons. The Morgan fingerprint density at radius 1 is 1.38 bits per heavy atom. The van der Waals surface area contributed by atoms with E-state index in [9.17, 15) is 4.39 Å². The van der Waals surface area contributed by atoms with Crippen molar-refractivity contribution in [2.45, 2.75) is 19.4 Å². The van der Waals surface area contributed by atoms with Crippen molar-refractivity contribution in [2.24, 2.45) is 0 Å². The summed E-state index contributed by atoms with van der Waals surface area (Å²) in [7, 11) is 3.92. The first-order chi connectivity index (χ1) is 7.33. The number of benzene rings is 1. The molecular weight excluding hydrogens is 207 g/mol. The summed E-state index contributed by atoms with van der Waals surface area (Å²) in [5.41, 5.74) is 5.71. The van der Waals surface area contributed by atoms with Gasteiger partial charge in [-0.25, -0.2) is 4.39 Å². The van der Waals surface area contributed by atoms with Crippen molar-refractivity contribution in [3.05, 3.63) is 24.0 Å². The van der Waals surface area contributed by atoms with Gasteiger partial charge in [0, 0.05) is 17.3 Å². The summed E-state index contributed by atoms with van der Waals surface area (Å²) in [6.45, 7) is 4.48. The first kappa shape index (κ1) is 12.8. The number of ether oxygens (including phenoxy) is 1. The topological polar surface area (TPSA) is 38.5 Å². The van der Waals surface area contributed by atoms with E-state index < -0.39 is 5.82 Å². The highest BCUT2D eigenvalue weighted by Gasteiger charge is 2.21. The van der Waals surface area contributed by atoms with Crippen molar-refractivity contribution in [3.8, 4) is 5.75 Å². The minimum absolute atomic E-state index is 0.145. The van der Waals surface area contributed by atoms with E-state index in [4.69, 9.17) is 10.5 Å². The van der Waals surface area contributed by atoms with Gasteiger partial charge in [-0.3, -0.25) is 0 Å². The fourth-order valence-electron chi connectivity index (χ4n) is 1.02. The molecule has 0 aliphatic rings. The van der Waals surface area contributed by atoms with Crippen molar-refractivity contribution >= 4 is 5.69 Å². The van der Waals surface area contributed by atoms with Gasteiger partial charge in [0.2, 0.25) is 0 Å². The monoisotopic (exact) mass is 226 g/mol. The highest BCUT2D eigenvalue weighted by molar-refractivity contribution is 5.42. The molecule has 1 aromatic carbocycles. The Balaban J connectivity index is 2.68. The zero-order valence-electron chi connectivity index (χ0n) is 10.2. The molecular formula is C12H19FN2O. The van der Waals surface area contributed by atoms with Crippen LogP contribution in [0.4, 0.5) is 10.1 Å². The predicted molar refractivity (Wildman–Crippen MR) is 64.1 cm³/mol. The molecule has 0 radical (unpaired) electrons. The number of nitrogen functional groups attached to an aromatic ring is 1. The van der Waals surface area contributed by atoms with Crippen LogP contribution in [0.25, 0.3) is 0 Å². The number of rotatable bonds is 4. The van der Waals surface area contributed by atoms with Gasteiger partial charge >= 0.3 is 0 Å². The quantitative estimate of drug-likeness (QED) is 0.799. The number of anilines is 1. The molecule has 2 N–H and O–H groups in total. The number of hydrogen-bond acceptors (Lipinski definition) is 3. The minimum atomic E-state index is -0.422. The average molecular weight is 226 g/mol. The summed E-state index contributed by atoms with van der Waals surface area (Å²) in [4.78, 5) is 2.03. The fourth-order valence-corrected chi connectivity index (χ4v) is 1.02. The molecule has 1 rings (SSSR count). The van der Waals surface area contributed by atoms with E-state index in [1.807, 2.05) is 32.8 Å². The van der Waals surface area contributed by atoms with Gasteiger partial charge in [0.1, 0.15) is 6.61 Å². The number of hydrogen-bond donors (Lipinski definition) is 1. The number of likely N-dealkylation sites (N-methyl/N-ethyl adjacent to an activating group) is 1. The standard InChI is InChI=1S/C12H19FN2O/c1-12(2,15(3)4)8-16-11-6-5-9(14)7-10(11)13/h5-7H,8,14H2,1-4H3. The molecule has 0 heterocycles. The van der Waals surface area contributed by atoms with Crippen LogP contribution in [0, 0.1) is 5.82 Å². The molecule has 0 saturated carbocycles. The van der Waals surface area contributed by atoms with Crippen LogP contribution in [0.3, 0.4) is 0 Å². The van der Waals surface area contributed by atoms with Gasteiger partial charge < -0.3 is 15.4 Å². The SMILES string of the molecule is CN(C)C(C)(C)COc1ccc(N)cc1F. The third-order valence-electron chi connectivity index (χ3n) is 2.75. The van der Waals surface area contributed by atoms with Crippen LogP contribution in [0.5, 0.6) is 5.75 Å². The smallest absolute Gasteiger partial charge is 0.167 e. The van der Waals surface area contributed by atoms with Gasteiger partial charge in [-0.15, -0.1) is 0 Å². The van der Waals surface area contributed by atoms with Crippen LogP contribution < -0.4 is 10.5 Å². The van der Waals surface area contributed by atoms with Gasteiger partial charge in [-0.1, -0.05) is 0 Å². The van der Waals surface area contributed by atoms with Crippen LogP contribution >= 0.6 is 0 Å². The maximum absolute atomic E-state index is 13.4. The lowest BCUT2D eigenvalue weighted by Crippen LogP contribution is -2.43. The largest absolute Gasteiger partial charge is 0.489 e. The Morgan fingerprint density at radius 2 is 2.00 bits per heavy atom. The Morgan fingerprint density at radius 3 is 2.50 bits per heavy atom. The second kappa shape index (κ2) is 4.70. The van der Waals surface area contributed by atoms with Crippen LogP contribution in [0.2, 0.25) is 0 Å². The van der Waals surface area contributed by atoms with Gasteiger partial charge in [-0.05, 0) is 40.1 Å². The van der Waals surface area contributed by atoms with Crippen LogP contribution in [-0.2, 0) is 0 Å². The third-order valence-corrected chi connectivity index (χ3v) is 2.75. The lowest BCUT2D eigenvalue weighted by Gasteiger charge is -2.32. The number of halogens is 1. The number of nitrogens with two attached hydrogens (primary N) is 1. The van der Waals surface area contributed by atoms with Gasteiger partial charge in [0.05, 0.1) is 0 Å². The molecule has 0 aliphatic carbocycles. The molecule has 1 aromatic rings. The van der Waals surface area contributed by atoms with Crippen LogP contribution in [0.1, 0.15) is 13.8 Å². The molecule has 0 aromatic heterocycles. The van der Waals surface area contributed by atoms with Crippen LogP contribution in [0.15, 0.2) is 18.2 Å². The molecule has 16 heavy (non-hydrogen) atoms. The molecule has 4 heteroatoms. The van der Waals surface area contributed by atoms with Crippen molar-refractivity contribution in [2.75, 3.05) is 26.4 Å². The first-order valence-corrected chi connectivity index (χ1v) is 5.18. The summed E-state index contributed by atoms with van der Waals surface area (Å²) in [6, 6.07) is 4.44. The van der Waals surface area contributed by atoms with Crippen molar-refractivity contribution in [1.82, 2.24) is 4.90 Å². The molecule has 0 saturated heterocycles.